The molecule has 104 valence electrons. The van der Waals surface area contributed by atoms with E-state index in [0.29, 0.717) is 24.4 Å². The molecular formula is C14H24O4. The predicted molar refractivity (Wildman–Crippen MR) is 69.6 cm³/mol. The molecule has 4 nitrogen and oxygen atoms in total. The Hall–Kier alpha value is -1.32. The van der Waals surface area contributed by atoms with E-state index in [-0.39, 0.29) is 11.9 Å². The van der Waals surface area contributed by atoms with Crippen LogP contribution >= 0.6 is 0 Å². The zero-order valence-electron chi connectivity index (χ0n) is 11.9. The number of hydrogen-bond acceptors (Lipinski definition) is 4. The molecule has 0 amide bonds. The molecule has 0 heterocycles. The number of esters is 2. The summed E-state index contributed by atoms with van der Waals surface area (Å²) in [6.07, 6.45) is 5.04. The van der Waals surface area contributed by atoms with E-state index in [4.69, 9.17) is 9.47 Å². The molecule has 0 aliphatic carbocycles. The molecule has 0 aromatic heterocycles. The summed E-state index contributed by atoms with van der Waals surface area (Å²) in [5.74, 6) is 0.269. The minimum absolute atomic E-state index is 0.373. The number of allylic oxidation sites excluding steroid dienone is 2. The maximum atomic E-state index is 11.1. The van der Waals surface area contributed by atoms with Crippen molar-refractivity contribution in [2.24, 2.45) is 0 Å². The van der Waals surface area contributed by atoms with E-state index in [9.17, 15) is 9.59 Å². The van der Waals surface area contributed by atoms with Gasteiger partial charge < -0.3 is 9.47 Å². The second-order valence-electron chi connectivity index (χ2n) is 4.24. The van der Waals surface area contributed by atoms with Gasteiger partial charge >= 0.3 is 11.9 Å². The van der Waals surface area contributed by atoms with Gasteiger partial charge in [0.1, 0.15) is 11.5 Å². The van der Waals surface area contributed by atoms with Crippen LogP contribution in [0, 0.1) is 0 Å². The molecule has 4 heteroatoms. The summed E-state index contributed by atoms with van der Waals surface area (Å²) in [6.45, 7) is 6.83. The molecule has 0 fully saturated rings. The summed E-state index contributed by atoms with van der Waals surface area (Å²) in [5, 5.41) is 0. The molecule has 0 aliphatic rings. The van der Waals surface area contributed by atoms with Gasteiger partial charge in [0.15, 0.2) is 0 Å². The summed E-state index contributed by atoms with van der Waals surface area (Å²) in [7, 11) is 0. The molecule has 0 bridgehead atoms. The first-order chi connectivity index (χ1) is 8.51. The second kappa shape index (κ2) is 9.68. The molecule has 0 aliphatic heterocycles. The smallest absolute Gasteiger partial charge is 0.307 e. The van der Waals surface area contributed by atoms with E-state index in [2.05, 4.69) is 13.8 Å². The molecule has 0 aromatic carbocycles. The summed E-state index contributed by atoms with van der Waals surface area (Å²) < 4.78 is 10.4. The number of ether oxygens (including phenoxy) is 2. The Labute approximate surface area is 109 Å². The third kappa shape index (κ3) is 7.87. The summed E-state index contributed by atoms with van der Waals surface area (Å²) in [5.41, 5.74) is 0. The van der Waals surface area contributed by atoms with Crippen LogP contribution in [-0.4, -0.2) is 11.9 Å². The fraction of sp³-hybridized carbons (Fsp3) is 0.714. The largest absolute Gasteiger partial charge is 0.428 e. The van der Waals surface area contributed by atoms with Gasteiger partial charge in [-0.3, -0.25) is 9.59 Å². The Morgan fingerprint density at radius 2 is 1.11 bits per heavy atom. The van der Waals surface area contributed by atoms with Gasteiger partial charge in [0.25, 0.3) is 0 Å². The monoisotopic (exact) mass is 256 g/mol. The van der Waals surface area contributed by atoms with Gasteiger partial charge in [0.05, 0.1) is 0 Å². The van der Waals surface area contributed by atoms with Crippen LogP contribution in [0.15, 0.2) is 11.5 Å². The SMILES string of the molecule is CCCCC(OC(C)=O)=C(CCCC)OC(C)=O. The van der Waals surface area contributed by atoms with Crippen LogP contribution in [0.3, 0.4) is 0 Å². The quantitative estimate of drug-likeness (QED) is 0.491. The van der Waals surface area contributed by atoms with Crippen molar-refractivity contribution in [3.8, 4) is 0 Å². The minimum atomic E-state index is -0.373. The van der Waals surface area contributed by atoms with Gasteiger partial charge in [-0.2, -0.15) is 0 Å². The molecule has 0 atom stereocenters. The minimum Gasteiger partial charge on any atom is -0.428 e. The Bertz CT molecular complexity index is 275. The Morgan fingerprint density at radius 1 is 0.778 bits per heavy atom. The van der Waals surface area contributed by atoms with Crippen molar-refractivity contribution >= 4 is 11.9 Å². The summed E-state index contributed by atoms with van der Waals surface area (Å²) >= 11 is 0. The van der Waals surface area contributed by atoms with E-state index in [0.717, 1.165) is 25.7 Å². The first-order valence-corrected chi connectivity index (χ1v) is 6.60. The lowest BCUT2D eigenvalue weighted by molar-refractivity contribution is -0.141. The second-order valence-corrected chi connectivity index (χ2v) is 4.24. The number of carbonyl (C=O) groups excluding carboxylic acids is 2. The van der Waals surface area contributed by atoms with Crippen LogP contribution in [0.1, 0.15) is 66.2 Å². The highest BCUT2D eigenvalue weighted by atomic mass is 16.6. The number of unbranched alkanes of at least 4 members (excludes halogenated alkanes) is 2. The van der Waals surface area contributed by atoms with Crippen molar-refractivity contribution in [1.82, 2.24) is 0 Å². The third-order valence-electron chi connectivity index (χ3n) is 2.36. The highest BCUT2D eigenvalue weighted by Crippen LogP contribution is 2.20. The molecule has 0 saturated heterocycles. The molecule has 0 radical (unpaired) electrons. The molecule has 18 heavy (non-hydrogen) atoms. The van der Waals surface area contributed by atoms with E-state index in [1.165, 1.54) is 13.8 Å². The van der Waals surface area contributed by atoms with Crippen molar-refractivity contribution in [3.05, 3.63) is 11.5 Å². The summed E-state index contributed by atoms with van der Waals surface area (Å²) in [4.78, 5) is 22.2. The maximum absolute atomic E-state index is 11.1. The average molecular weight is 256 g/mol. The van der Waals surface area contributed by atoms with Crippen molar-refractivity contribution in [2.75, 3.05) is 0 Å². The highest BCUT2D eigenvalue weighted by Gasteiger charge is 2.13. The zero-order valence-corrected chi connectivity index (χ0v) is 11.9. The molecule has 0 unspecified atom stereocenters. The van der Waals surface area contributed by atoms with Gasteiger partial charge in [-0.15, -0.1) is 0 Å². The molecule has 0 rings (SSSR count). The van der Waals surface area contributed by atoms with E-state index < -0.39 is 0 Å². The highest BCUT2D eigenvalue weighted by molar-refractivity contribution is 5.69. The van der Waals surface area contributed by atoms with Crippen LogP contribution in [0.2, 0.25) is 0 Å². The molecule has 0 aromatic rings. The standard InChI is InChI=1S/C14H24O4/c1-5-7-9-13(17-11(3)15)14(10-8-6-2)18-12(4)16/h5-10H2,1-4H3. The topological polar surface area (TPSA) is 52.6 Å². The Morgan fingerprint density at radius 3 is 1.33 bits per heavy atom. The fourth-order valence-electron chi connectivity index (χ4n) is 1.52. The predicted octanol–water partition coefficient (Wildman–Crippen LogP) is 3.70. The van der Waals surface area contributed by atoms with E-state index in [1.54, 1.807) is 0 Å². The molecular weight excluding hydrogens is 232 g/mol. The number of hydrogen-bond donors (Lipinski definition) is 0. The van der Waals surface area contributed by atoms with Gasteiger partial charge in [0.2, 0.25) is 0 Å². The van der Waals surface area contributed by atoms with Gasteiger partial charge in [-0.05, 0) is 12.8 Å². The van der Waals surface area contributed by atoms with Gasteiger partial charge in [0, 0.05) is 26.7 Å². The van der Waals surface area contributed by atoms with E-state index >= 15 is 0 Å². The fourth-order valence-corrected chi connectivity index (χ4v) is 1.52. The van der Waals surface area contributed by atoms with Crippen molar-refractivity contribution in [2.45, 2.75) is 66.2 Å². The third-order valence-corrected chi connectivity index (χ3v) is 2.36. The normalized spacial score (nSPS) is 11.8. The molecule has 0 spiro atoms. The van der Waals surface area contributed by atoms with Crippen molar-refractivity contribution in [1.29, 1.82) is 0 Å². The van der Waals surface area contributed by atoms with Crippen molar-refractivity contribution in [3.63, 3.8) is 0 Å². The van der Waals surface area contributed by atoms with Crippen LogP contribution < -0.4 is 0 Å². The van der Waals surface area contributed by atoms with Crippen LogP contribution in [-0.2, 0) is 19.1 Å². The lowest BCUT2D eigenvalue weighted by atomic mass is 10.1. The first-order valence-electron chi connectivity index (χ1n) is 6.60. The van der Waals surface area contributed by atoms with Gasteiger partial charge in [-0.25, -0.2) is 0 Å². The lowest BCUT2D eigenvalue weighted by Gasteiger charge is -2.13. The Kier molecular flexibility index (Phi) is 8.97. The van der Waals surface area contributed by atoms with Gasteiger partial charge in [-0.1, -0.05) is 26.7 Å². The summed E-state index contributed by atoms with van der Waals surface area (Å²) in [6, 6.07) is 0. The average Bonchev–Trinajstić information content (AvgIpc) is 2.29. The van der Waals surface area contributed by atoms with Crippen LogP contribution in [0.5, 0.6) is 0 Å². The molecule has 0 saturated carbocycles. The van der Waals surface area contributed by atoms with Crippen molar-refractivity contribution < 1.29 is 19.1 Å². The molecule has 0 N–H and O–H groups in total. The number of carbonyl (C=O) groups is 2. The number of rotatable bonds is 8. The maximum Gasteiger partial charge on any atom is 0.307 e. The Balaban J connectivity index is 4.94. The zero-order chi connectivity index (χ0) is 14.0. The van der Waals surface area contributed by atoms with Crippen LogP contribution in [0.25, 0.3) is 0 Å². The lowest BCUT2D eigenvalue weighted by Crippen LogP contribution is -2.08. The van der Waals surface area contributed by atoms with E-state index in [1.807, 2.05) is 0 Å². The first kappa shape index (κ1) is 16.7. The van der Waals surface area contributed by atoms with Crippen LogP contribution in [0.4, 0.5) is 0 Å².